The van der Waals surface area contributed by atoms with Crippen LogP contribution in [0.2, 0.25) is 0 Å². The van der Waals surface area contributed by atoms with E-state index in [9.17, 15) is 4.79 Å². The molecule has 0 fully saturated rings. The SMILES string of the molecule is CCC(C)CC(=O)c1cccc(N)c1C. The highest BCUT2D eigenvalue weighted by Crippen LogP contribution is 2.19. The maximum atomic E-state index is 11.9. The summed E-state index contributed by atoms with van der Waals surface area (Å²) in [6, 6.07) is 5.53. The number of nitrogen functional groups attached to an aromatic ring is 1. The molecule has 1 atom stereocenters. The highest BCUT2D eigenvalue weighted by molar-refractivity contribution is 5.98. The molecule has 0 saturated carbocycles. The zero-order chi connectivity index (χ0) is 11.4. The van der Waals surface area contributed by atoms with Gasteiger partial charge in [0.2, 0.25) is 0 Å². The summed E-state index contributed by atoms with van der Waals surface area (Å²) in [6.07, 6.45) is 1.65. The van der Waals surface area contributed by atoms with Crippen molar-refractivity contribution >= 4 is 11.5 Å². The highest BCUT2D eigenvalue weighted by Gasteiger charge is 2.12. The van der Waals surface area contributed by atoms with Crippen LogP contribution in [0.5, 0.6) is 0 Å². The summed E-state index contributed by atoms with van der Waals surface area (Å²) in [5, 5.41) is 0. The van der Waals surface area contributed by atoms with E-state index >= 15 is 0 Å². The van der Waals surface area contributed by atoms with Crippen LogP contribution in [0.1, 0.15) is 42.6 Å². The molecule has 1 rings (SSSR count). The molecule has 0 radical (unpaired) electrons. The van der Waals surface area contributed by atoms with E-state index in [1.54, 1.807) is 0 Å². The molecule has 2 nitrogen and oxygen atoms in total. The molecule has 15 heavy (non-hydrogen) atoms. The van der Waals surface area contributed by atoms with E-state index < -0.39 is 0 Å². The number of hydrogen-bond acceptors (Lipinski definition) is 2. The summed E-state index contributed by atoms with van der Waals surface area (Å²) in [6.45, 7) is 6.10. The van der Waals surface area contributed by atoms with E-state index in [1.165, 1.54) is 0 Å². The summed E-state index contributed by atoms with van der Waals surface area (Å²) in [5.74, 6) is 0.646. The van der Waals surface area contributed by atoms with Gasteiger partial charge in [0, 0.05) is 17.7 Å². The van der Waals surface area contributed by atoms with Gasteiger partial charge in [-0.05, 0) is 24.5 Å². The van der Waals surface area contributed by atoms with Crippen molar-refractivity contribution in [3.05, 3.63) is 29.3 Å². The Labute approximate surface area is 91.5 Å². The first-order chi connectivity index (χ1) is 7.06. The molecule has 0 bridgehead atoms. The van der Waals surface area contributed by atoms with E-state index in [4.69, 9.17) is 5.73 Å². The number of carbonyl (C=O) groups is 1. The predicted octanol–water partition coefficient (Wildman–Crippen LogP) is 3.20. The van der Waals surface area contributed by atoms with Crippen molar-refractivity contribution in [3.63, 3.8) is 0 Å². The van der Waals surface area contributed by atoms with Crippen molar-refractivity contribution in [1.82, 2.24) is 0 Å². The number of rotatable bonds is 4. The molecule has 1 unspecified atom stereocenters. The molecule has 0 saturated heterocycles. The Kier molecular flexibility index (Phi) is 3.89. The number of Topliss-reactive ketones (excluding diaryl/α,β-unsaturated/α-hetero) is 1. The van der Waals surface area contributed by atoms with Gasteiger partial charge in [0.15, 0.2) is 5.78 Å². The second-order valence-corrected chi connectivity index (χ2v) is 4.16. The second kappa shape index (κ2) is 4.96. The zero-order valence-corrected chi connectivity index (χ0v) is 9.71. The fourth-order valence-corrected chi connectivity index (χ4v) is 1.53. The minimum Gasteiger partial charge on any atom is -0.398 e. The maximum Gasteiger partial charge on any atom is 0.163 e. The molecule has 0 spiro atoms. The Morgan fingerprint density at radius 2 is 2.13 bits per heavy atom. The number of benzene rings is 1. The second-order valence-electron chi connectivity index (χ2n) is 4.16. The molecule has 0 aliphatic carbocycles. The third-order valence-electron chi connectivity index (χ3n) is 2.91. The molecular formula is C13H19NO. The minimum absolute atomic E-state index is 0.203. The van der Waals surface area contributed by atoms with Gasteiger partial charge in [-0.1, -0.05) is 32.4 Å². The fourth-order valence-electron chi connectivity index (χ4n) is 1.53. The molecular weight excluding hydrogens is 186 g/mol. The number of hydrogen-bond donors (Lipinski definition) is 1. The standard InChI is InChI=1S/C13H19NO/c1-4-9(2)8-13(15)11-6-5-7-12(14)10(11)3/h5-7,9H,4,8,14H2,1-3H3. The number of anilines is 1. The quantitative estimate of drug-likeness (QED) is 0.606. The molecule has 0 aromatic heterocycles. The van der Waals surface area contributed by atoms with E-state index in [1.807, 2.05) is 25.1 Å². The van der Waals surface area contributed by atoms with Gasteiger partial charge in [0.05, 0.1) is 0 Å². The molecule has 2 N–H and O–H groups in total. The lowest BCUT2D eigenvalue weighted by Crippen LogP contribution is -2.08. The van der Waals surface area contributed by atoms with Crippen molar-refractivity contribution in [2.75, 3.05) is 5.73 Å². The average Bonchev–Trinajstić information content (AvgIpc) is 2.21. The van der Waals surface area contributed by atoms with E-state index in [-0.39, 0.29) is 5.78 Å². The largest absolute Gasteiger partial charge is 0.398 e. The molecule has 1 aromatic carbocycles. The average molecular weight is 205 g/mol. The Hall–Kier alpha value is -1.31. The Morgan fingerprint density at radius 1 is 1.47 bits per heavy atom. The molecule has 2 heteroatoms. The third-order valence-corrected chi connectivity index (χ3v) is 2.91. The van der Waals surface area contributed by atoms with Crippen LogP contribution in [0, 0.1) is 12.8 Å². The monoisotopic (exact) mass is 205 g/mol. The Morgan fingerprint density at radius 3 is 2.73 bits per heavy atom. The number of ketones is 1. The van der Waals surface area contributed by atoms with Gasteiger partial charge in [0.1, 0.15) is 0 Å². The van der Waals surface area contributed by atoms with E-state index in [2.05, 4.69) is 13.8 Å². The van der Waals surface area contributed by atoms with E-state index in [0.29, 0.717) is 18.0 Å². The molecule has 0 heterocycles. The van der Waals surface area contributed by atoms with Crippen LogP contribution in [0.25, 0.3) is 0 Å². The minimum atomic E-state index is 0.203. The lowest BCUT2D eigenvalue weighted by atomic mass is 9.95. The van der Waals surface area contributed by atoms with Crippen LogP contribution in [0.15, 0.2) is 18.2 Å². The normalized spacial score (nSPS) is 12.5. The molecule has 0 aliphatic rings. The van der Waals surface area contributed by atoms with E-state index in [0.717, 1.165) is 17.5 Å². The lowest BCUT2D eigenvalue weighted by Gasteiger charge is -2.10. The molecule has 0 aliphatic heterocycles. The van der Waals surface area contributed by atoms with Gasteiger partial charge in [-0.2, -0.15) is 0 Å². The fraction of sp³-hybridized carbons (Fsp3) is 0.462. The topological polar surface area (TPSA) is 43.1 Å². The van der Waals surface area contributed by atoms with Gasteiger partial charge in [-0.25, -0.2) is 0 Å². The van der Waals surface area contributed by atoms with Gasteiger partial charge in [0.25, 0.3) is 0 Å². The number of carbonyl (C=O) groups excluding carboxylic acids is 1. The molecule has 1 aromatic rings. The summed E-state index contributed by atoms with van der Waals surface area (Å²) in [5.41, 5.74) is 8.15. The van der Waals surface area contributed by atoms with Crippen molar-refractivity contribution in [1.29, 1.82) is 0 Å². The van der Waals surface area contributed by atoms with Crippen LogP contribution in [-0.2, 0) is 0 Å². The maximum absolute atomic E-state index is 11.9. The van der Waals surface area contributed by atoms with Crippen molar-refractivity contribution in [2.24, 2.45) is 5.92 Å². The lowest BCUT2D eigenvalue weighted by molar-refractivity contribution is 0.0963. The smallest absolute Gasteiger partial charge is 0.163 e. The Balaban J connectivity index is 2.87. The zero-order valence-electron chi connectivity index (χ0n) is 9.71. The van der Waals surface area contributed by atoms with Crippen LogP contribution in [-0.4, -0.2) is 5.78 Å². The van der Waals surface area contributed by atoms with Gasteiger partial charge in [-0.15, -0.1) is 0 Å². The third kappa shape index (κ3) is 2.82. The summed E-state index contributed by atoms with van der Waals surface area (Å²) in [7, 11) is 0. The van der Waals surface area contributed by atoms with Crippen LogP contribution in [0.3, 0.4) is 0 Å². The first-order valence-corrected chi connectivity index (χ1v) is 5.44. The van der Waals surface area contributed by atoms with Crippen LogP contribution < -0.4 is 5.73 Å². The van der Waals surface area contributed by atoms with Gasteiger partial charge < -0.3 is 5.73 Å². The molecule has 0 amide bonds. The van der Waals surface area contributed by atoms with Crippen LogP contribution >= 0.6 is 0 Å². The van der Waals surface area contributed by atoms with Gasteiger partial charge in [-0.3, -0.25) is 4.79 Å². The van der Waals surface area contributed by atoms with Crippen LogP contribution in [0.4, 0.5) is 5.69 Å². The predicted molar refractivity (Wildman–Crippen MR) is 64.0 cm³/mol. The molecule has 82 valence electrons. The van der Waals surface area contributed by atoms with Crippen molar-refractivity contribution in [2.45, 2.75) is 33.6 Å². The summed E-state index contributed by atoms with van der Waals surface area (Å²) < 4.78 is 0. The summed E-state index contributed by atoms with van der Waals surface area (Å²) >= 11 is 0. The van der Waals surface area contributed by atoms with Crippen molar-refractivity contribution in [3.8, 4) is 0 Å². The van der Waals surface area contributed by atoms with Crippen molar-refractivity contribution < 1.29 is 4.79 Å². The Bertz CT molecular complexity index is 358. The highest BCUT2D eigenvalue weighted by atomic mass is 16.1. The number of nitrogens with two attached hydrogens (primary N) is 1. The first kappa shape index (κ1) is 11.8. The first-order valence-electron chi connectivity index (χ1n) is 5.44. The summed E-state index contributed by atoms with van der Waals surface area (Å²) in [4.78, 5) is 11.9. The van der Waals surface area contributed by atoms with Gasteiger partial charge >= 0.3 is 0 Å².